The molecule has 0 saturated carbocycles. The first-order chi connectivity index (χ1) is 18.2. The van der Waals surface area contributed by atoms with Crippen LogP contribution in [0.3, 0.4) is 0 Å². The van der Waals surface area contributed by atoms with Crippen molar-refractivity contribution in [3.05, 3.63) is 108 Å². The molecule has 6 heteroatoms. The summed E-state index contributed by atoms with van der Waals surface area (Å²) in [4.78, 5) is 29.9. The second kappa shape index (κ2) is 11.8. The van der Waals surface area contributed by atoms with E-state index in [1.54, 1.807) is 0 Å². The topological polar surface area (TPSA) is 82.6 Å². The molecule has 0 spiro atoms. The fourth-order valence-electron chi connectivity index (χ4n) is 4.43. The van der Waals surface area contributed by atoms with Crippen molar-refractivity contribution in [1.29, 1.82) is 0 Å². The molecule has 0 unspecified atom stereocenters. The molecule has 4 rings (SSSR count). The van der Waals surface area contributed by atoms with Gasteiger partial charge in [0.05, 0.1) is 6.04 Å². The van der Waals surface area contributed by atoms with E-state index in [4.69, 9.17) is 9.84 Å². The lowest BCUT2D eigenvalue weighted by molar-refractivity contribution is -0.143. The molecule has 2 N–H and O–H groups in total. The normalized spacial score (nSPS) is 12.5. The van der Waals surface area contributed by atoms with Gasteiger partial charge >= 0.3 is 5.97 Å². The number of carbonyl (C=O) groups is 2. The van der Waals surface area contributed by atoms with Crippen molar-refractivity contribution in [3.63, 3.8) is 0 Å². The second-order valence-electron chi connectivity index (χ2n) is 10.4. The first-order valence-electron chi connectivity index (χ1n) is 12.7. The summed E-state index contributed by atoms with van der Waals surface area (Å²) in [6.45, 7) is 6.62. The number of nitrogens with one attached hydrogen (secondary N) is 1. The van der Waals surface area contributed by atoms with Crippen molar-refractivity contribution in [2.75, 3.05) is 6.61 Å². The minimum absolute atomic E-state index is 0.0592. The first kappa shape index (κ1) is 26.7. The highest BCUT2D eigenvalue weighted by atomic mass is 16.5. The van der Waals surface area contributed by atoms with E-state index in [0.717, 1.165) is 33.7 Å². The molecule has 0 bridgehead atoms. The zero-order valence-electron chi connectivity index (χ0n) is 22.1. The summed E-state index contributed by atoms with van der Waals surface area (Å²) in [5, 5.41) is 9.99. The number of aliphatic carboxylic acids is 1. The van der Waals surface area contributed by atoms with Crippen molar-refractivity contribution in [2.45, 2.75) is 39.8 Å². The number of para-hydroxylation sites is 1. The number of aromatic amines is 1. The molecule has 0 aliphatic carbocycles. The Balaban J connectivity index is 1.64. The van der Waals surface area contributed by atoms with Crippen molar-refractivity contribution in [1.82, 2.24) is 9.88 Å². The predicted octanol–water partition coefficient (Wildman–Crippen LogP) is 6.33. The molecule has 1 aromatic heterocycles. The van der Waals surface area contributed by atoms with Gasteiger partial charge < -0.3 is 19.7 Å². The monoisotopic (exact) mass is 510 g/mol. The molecule has 1 atom stereocenters. The van der Waals surface area contributed by atoms with Crippen LogP contribution >= 0.6 is 0 Å². The number of fused-ring (bicyclic) bond motifs is 1. The number of hydrogen-bond acceptors (Lipinski definition) is 3. The number of carboxylic acids is 1. The number of hydrogen-bond donors (Lipinski definition) is 2. The molecule has 6 nitrogen and oxygen atoms in total. The fourth-order valence-corrected chi connectivity index (χ4v) is 4.43. The molecule has 196 valence electrons. The maximum atomic E-state index is 13.8. The van der Waals surface area contributed by atoms with Gasteiger partial charge in [-0.05, 0) is 47.4 Å². The average molecular weight is 511 g/mol. The second-order valence-corrected chi connectivity index (χ2v) is 10.4. The quantitative estimate of drug-likeness (QED) is 0.244. The SMILES string of the molecule is CC(C)(C)C(=O)N(Cc1ccccc1)[C@H](COc1ccc(/C=C/C(=O)O)cc1)Cc1c[nH]c2ccccc12. The number of rotatable bonds is 10. The van der Waals surface area contributed by atoms with Crippen LogP contribution in [0, 0.1) is 5.41 Å². The van der Waals surface area contributed by atoms with E-state index in [2.05, 4.69) is 11.1 Å². The Hall–Kier alpha value is -4.32. The van der Waals surface area contributed by atoms with Gasteiger partial charge in [-0.15, -0.1) is 0 Å². The maximum Gasteiger partial charge on any atom is 0.328 e. The van der Waals surface area contributed by atoms with Crippen molar-refractivity contribution < 1.29 is 19.4 Å². The van der Waals surface area contributed by atoms with E-state index in [1.165, 1.54) is 6.08 Å². The lowest BCUT2D eigenvalue weighted by atomic mass is 9.92. The van der Waals surface area contributed by atoms with Gasteiger partial charge in [0, 0.05) is 35.1 Å². The van der Waals surface area contributed by atoms with E-state index in [1.807, 2.05) is 105 Å². The predicted molar refractivity (Wildman–Crippen MR) is 151 cm³/mol. The molecular formula is C32H34N2O4. The third-order valence-corrected chi connectivity index (χ3v) is 6.41. The molecule has 3 aromatic carbocycles. The Morgan fingerprint density at radius 1 is 0.974 bits per heavy atom. The number of amides is 1. The van der Waals surface area contributed by atoms with Crippen LogP contribution in [0.15, 0.2) is 91.1 Å². The molecule has 0 aliphatic rings. The molecule has 0 aliphatic heterocycles. The summed E-state index contributed by atoms with van der Waals surface area (Å²) in [5.74, 6) is -0.277. The van der Waals surface area contributed by atoms with E-state index in [-0.39, 0.29) is 11.9 Å². The standard InChI is InChI=1S/C32H34N2O4/c1-32(2,3)31(37)34(21-24-9-5-4-6-10-24)26(19-25-20-33-29-12-8-7-11-28(25)29)22-38-27-16-13-23(14-17-27)15-18-30(35)36/h4-18,20,26,33H,19,21-22H2,1-3H3,(H,35,36)/b18-15+/t26-/m0/s1. The zero-order chi connectivity index (χ0) is 27.1. The Labute approximate surface area is 223 Å². The summed E-state index contributed by atoms with van der Waals surface area (Å²) < 4.78 is 6.25. The van der Waals surface area contributed by atoms with E-state index >= 15 is 0 Å². The summed E-state index contributed by atoms with van der Waals surface area (Å²) >= 11 is 0. The highest BCUT2D eigenvalue weighted by Gasteiger charge is 2.33. The molecule has 0 radical (unpaired) electrons. The summed E-state index contributed by atoms with van der Waals surface area (Å²) in [7, 11) is 0. The molecular weight excluding hydrogens is 476 g/mol. The fraction of sp³-hybridized carbons (Fsp3) is 0.250. The average Bonchev–Trinajstić information content (AvgIpc) is 3.31. The summed E-state index contributed by atoms with van der Waals surface area (Å²) in [6, 6.07) is 25.2. The highest BCUT2D eigenvalue weighted by molar-refractivity contribution is 5.85. The minimum Gasteiger partial charge on any atom is -0.491 e. The summed E-state index contributed by atoms with van der Waals surface area (Å²) in [5.41, 5.74) is 3.45. The number of ether oxygens (including phenoxy) is 1. The van der Waals surface area contributed by atoms with Gasteiger partial charge in [-0.25, -0.2) is 4.79 Å². The van der Waals surface area contributed by atoms with E-state index < -0.39 is 11.4 Å². The Morgan fingerprint density at radius 2 is 1.66 bits per heavy atom. The third-order valence-electron chi connectivity index (χ3n) is 6.41. The van der Waals surface area contributed by atoms with Gasteiger partial charge in [0.1, 0.15) is 12.4 Å². The third kappa shape index (κ3) is 6.91. The Kier molecular flexibility index (Phi) is 8.31. The number of nitrogens with zero attached hydrogens (tertiary/aromatic N) is 1. The molecule has 0 saturated heterocycles. The Morgan fingerprint density at radius 3 is 2.34 bits per heavy atom. The largest absolute Gasteiger partial charge is 0.491 e. The van der Waals surface area contributed by atoms with Gasteiger partial charge in [-0.1, -0.05) is 81.4 Å². The molecule has 1 heterocycles. The van der Waals surface area contributed by atoms with Crippen LogP contribution in [0.4, 0.5) is 0 Å². The summed E-state index contributed by atoms with van der Waals surface area (Å²) in [6.07, 6.45) is 5.28. The number of carboxylic acid groups (broad SMARTS) is 1. The van der Waals surface area contributed by atoms with Crippen LogP contribution < -0.4 is 4.74 Å². The van der Waals surface area contributed by atoms with Crippen molar-refractivity contribution in [2.24, 2.45) is 5.41 Å². The molecule has 1 amide bonds. The molecule has 4 aromatic rings. The lowest BCUT2D eigenvalue weighted by Gasteiger charge is -2.36. The van der Waals surface area contributed by atoms with Crippen LogP contribution in [0.1, 0.15) is 37.5 Å². The molecule has 0 fully saturated rings. The number of benzene rings is 3. The Bertz CT molecular complexity index is 1400. The van der Waals surface area contributed by atoms with Crippen molar-refractivity contribution >= 4 is 28.9 Å². The van der Waals surface area contributed by atoms with Crippen LogP contribution in [0.5, 0.6) is 5.75 Å². The van der Waals surface area contributed by atoms with Gasteiger partial charge in [0.2, 0.25) is 5.91 Å². The highest BCUT2D eigenvalue weighted by Crippen LogP contribution is 2.26. The van der Waals surface area contributed by atoms with Gasteiger partial charge in [-0.3, -0.25) is 4.79 Å². The van der Waals surface area contributed by atoms with Crippen LogP contribution in [-0.2, 0) is 22.6 Å². The zero-order valence-corrected chi connectivity index (χ0v) is 22.1. The van der Waals surface area contributed by atoms with E-state index in [0.29, 0.717) is 25.3 Å². The van der Waals surface area contributed by atoms with Crippen LogP contribution in [0.2, 0.25) is 0 Å². The van der Waals surface area contributed by atoms with Gasteiger partial charge in [-0.2, -0.15) is 0 Å². The smallest absolute Gasteiger partial charge is 0.328 e. The van der Waals surface area contributed by atoms with E-state index in [9.17, 15) is 9.59 Å². The van der Waals surface area contributed by atoms with Crippen LogP contribution in [-0.4, -0.2) is 39.5 Å². The van der Waals surface area contributed by atoms with Gasteiger partial charge in [0.25, 0.3) is 0 Å². The lowest BCUT2D eigenvalue weighted by Crippen LogP contribution is -2.48. The van der Waals surface area contributed by atoms with Crippen LogP contribution in [0.25, 0.3) is 17.0 Å². The van der Waals surface area contributed by atoms with Gasteiger partial charge in [0.15, 0.2) is 0 Å². The number of H-pyrrole nitrogens is 1. The number of carbonyl (C=O) groups excluding carboxylic acids is 1. The van der Waals surface area contributed by atoms with Crippen molar-refractivity contribution in [3.8, 4) is 5.75 Å². The molecule has 38 heavy (non-hydrogen) atoms. The number of aromatic nitrogens is 1. The minimum atomic E-state index is -0.993. The first-order valence-corrected chi connectivity index (χ1v) is 12.7. The maximum absolute atomic E-state index is 13.8.